The van der Waals surface area contributed by atoms with E-state index in [1.54, 1.807) is 18.2 Å². The van der Waals surface area contributed by atoms with Gasteiger partial charge >= 0.3 is 6.18 Å². The van der Waals surface area contributed by atoms with Crippen molar-refractivity contribution < 1.29 is 18.0 Å². The van der Waals surface area contributed by atoms with E-state index in [4.69, 9.17) is 0 Å². The molecule has 1 heterocycles. The molecule has 0 radical (unpaired) electrons. The Balaban J connectivity index is 1.55. The molecule has 4 rings (SSSR count). The highest BCUT2D eigenvalue weighted by molar-refractivity contribution is 7.98. The van der Waals surface area contributed by atoms with E-state index in [0.29, 0.717) is 22.1 Å². The van der Waals surface area contributed by atoms with Crippen molar-refractivity contribution in [2.45, 2.75) is 56.7 Å². The third-order valence-electron chi connectivity index (χ3n) is 6.00. The molecule has 0 fully saturated rings. The number of amides is 1. The minimum absolute atomic E-state index is 0.0125. The van der Waals surface area contributed by atoms with E-state index in [1.165, 1.54) is 17.8 Å². The van der Waals surface area contributed by atoms with Crippen LogP contribution in [-0.2, 0) is 23.9 Å². The molecule has 1 N–H and O–H groups in total. The Hall–Kier alpha value is -3.59. The van der Waals surface area contributed by atoms with Gasteiger partial charge in [0.25, 0.3) is 5.91 Å². The first-order valence-electron chi connectivity index (χ1n) is 12.1. The van der Waals surface area contributed by atoms with Crippen LogP contribution in [0.2, 0.25) is 0 Å². The number of nitrogens with one attached hydrogen (secondary N) is 1. The second-order valence-corrected chi connectivity index (χ2v) is 11.0. The van der Waals surface area contributed by atoms with E-state index in [9.17, 15) is 18.0 Å². The maximum absolute atomic E-state index is 13.1. The Morgan fingerprint density at radius 3 is 2.29 bits per heavy atom. The monoisotopic (exact) mass is 538 g/mol. The number of aromatic nitrogens is 3. The Labute approximate surface area is 224 Å². The first-order chi connectivity index (χ1) is 17.9. The van der Waals surface area contributed by atoms with E-state index in [1.807, 2.05) is 47.9 Å². The topological polar surface area (TPSA) is 59.8 Å². The van der Waals surface area contributed by atoms with E-state index in [-0.39, 0.29) is 23.6 Å². The Kier molecular flexibility index (Phi) is 7.97. The van der Waals surface area contributed by atoms with Crippen LogP contribution in [-0.4, -0.2) is 20.7 Å². The third-order valence-corrected chi connectivity index (χ3v) is 7.00. The fourth-order valence-corrected chi connectivity index (χ4v) is 4.82. The lowest BCUT2D eigenvalue weighted by Crippen LogP contribution is -2.25. The standard InChI is InChI=1S/C29H29F3N4OS/c1-19-7-5-10-24(15-19)36-25(17-33-26(37)21-11-13-22(14-12-21)28(2,3)4)34-35-27(36)38-18-20-8-6-9-23(16-20)29(30,31)32/h5-16H,17-18H2,1-4H3,(H,33,37). The summed E-state index contributed by atoms with van der Waals surface area (Å²) in [7, 11) is 0. The summed E-state index contributed by atoms with van der Waals surface area (Å²) in [5.41, 5.74) is 3.34. The van der Waals surface area contributed by atoms with Crippen molar-refractivity contribution in [1.82, 2.24) is 20.1 Å². The molecule has 0 aliphatic carbocycles. The summed E-state index contributed by atoms with van der Waals surface area (Å²) in [5.74, 6) is 0.560. The zero-order chi connectivity index (χ0) is 27.5. The minimum Gasteiger partial charge on any atom is -0.345 e. The lowest BCUT2D eigenvalue weighted by Gasteiger charge is -2.19. The molecule has 4 aromatic rings. The van der Waals surface area contributed by atoms with Gasteiger partial charge in [0, 0.05) is 17.0 Å². The second-order valence-electron chi connectivity index (χ2n) is 10.1. The van der Waals surface area contributed by atoms with Crippen LogP contribution in [0.4, 0.5) is 13.2 Å². The SMILES string of the molecule is Cc1cccc(-n2c(CNC(=O)c3ccc(C(C)(C)C)cc3)nnc2SCc2cccc(C(F)(F)F)c2)c1. The molecule has 1 aromatic heterocycles. The van der Waals surface area contributed by atoms with Gasteiger partial charge in [-0.2, -0.15) is 13.2 Å². The maximum Gasteiger partial charge on any atom is 0.416 e. The highest BCUT2D eigenvalue weighted by Crippen LogP contribution is 2.32. The molecule has 3 aromatic carbocycles. The Morgan fingerprint density at radius 1 is 0.921 bits per heavy atom. The summed E-state index contributed by atoms with van der Waals surface area (Å²) >= 11 is 1.28. The summed E-state index contributed by atoms with van der Waals surface area (Å²) in [4.78, 5) is 12.8. The lowest BCUT2D eigenvalue weighted by molar-refractivity contribution is -0.137. The molecule has 5 nitrogen and oxygen atoms in total. The maximum atomic E-state index is 13.1. The van der Waals surface area contributed by atoms with Crippen molar-refractivity contribution in [3.05, 3.63) is 106 Å². The smallest absolute Gasteiger partial charge is 0.345 e. The van der Waals surface area contributed by atoms with Gasteiger partial charge < -0.3 is 5.32 Å². The number of alkyl halides is 3. The van der Waals surface area contributed by atoms with Crippen LogP contribution in [0.15, 0.2) is 78.0 Å². The Morgan fingerprint density at radius 2 is 1.63 bits per heavy atom. The zero-order valence-electron chi connectivity index (χ0n) is 21.6. The molecule has 9 heteroatoms. The molecule has 38 heavy (non-hydrogen) atoms. The van der Waals surface area contributed by atoms with E-state index >= 15 is 0 Å². The molecule has 0 atom stereocenters. The largest absolute Gasteiger partial charge is 0.416 e. The van der Waals surface area contributed by atoms with Gasteiger partial charge in [-0.1, -0.05) is 75.0 Å². The zero-order valence-corrected chi connectivity index (χ0v) is 22.5. The molecule has 0 unspecified atom stereocenters. The van der Waals surface area contributed by atoms with Crippen LogP contribution in [0.25, 0.3) is 5.69 Å². The molecular weight excluding hydrogens is 509 g/mol. The number of thioether (sulfide) groups is 1. The molecule has 0 bridgehead atoms. The number of rotatable bonds is 7. The van der Waals surface area contributed by atoms with Crippen LogP contribution < -0.4 is 5.32 Å². The summed E-state index contributed by atoms with van der Waals surface area (Å²) in [6.07, 6.45) is -4.40. The van der Waals surface area contributed by atoms with Crippen LogP contribution in [0.5, 0.6) is 0 Å². The van der Waals surface area contributed by atoms with Crippen molar-refractivity contribution in [3.8, 4) is 5.69 Å². The first kappa shape index (κ1) is 27.4. The van der Waals surface area contributed by atoms with Crippen molar-refractivity contribution >= 4 is 17.7 Å². The number of carbonyl (C=O) groups excluding carboxylic acids is 1. The molecule has 0 spiro atoms. The average Bonchev–Trinajstić information content (AvgIpc) is 3.28. The molecule has 198 valence electrons. The van der Waals surface area contributed by atoms with Crippen molar-refractivity contribution in [2.24, 2.45) is 0 Å². The fraction of sp³-hybridized carbons (Fsp3) is 0.276. The van der Waals surface area contributed by atoms with Gasteiger partial charge in [0.05, 0.1) is 12.1 Å². The predicted octanol–water partition coefficient (Wildman–Crippen LogP) is 7.11. The number of hydrogen-bond donors (Lipinski definition) is 1. The van der Waals surface area contributed by atoms with Gasteiger partial charge in [0.1, 0.15) is 0 Å². The molecule has 0 aliphatic rings. The van der Waals surface area contributed by atoms with Crippen molar-refractivity contribution in [2.75, 3.05) is 0 Å². The molecule has 0 saturated carbocycles. The van der Waals surface area contributed by atoms with Gasteiger partial charge in [-0.15, -0.1) is 10.2 Å². The van der Waals surface area contributed by atoms with Gasteiger partial charge in [0.15, 0.2) is 11.0 Å². The summed E-state index contributed by atoms with van der Waals surface area (Å²) < 4.78 is 41.2. The van der Waals surface area contributed by atoms with Gasteiger partial charge in [-0.3, -0.25) is 9.36 Å². The number of halogens is 3. The number of aryl methyl sites for hydroxylation is 1. The van der Waals surface area contributed by atoms with E-state index < -0.39 is 11.7 Å². The second kappa shape index (κ2) is 11.0. The van der Waals surface area contributed by atoms with Gasteiger partial charge in [-0.05, 0) is 59.4 Å². The summed E-state index contributed by atoms with van der Waals surface area (Å²) in [6, 6.07) is 20.5. The number of carbonyl (C=O) groups is 1. The Bertz CT molecular complexity index is 1420. The quantitative estimate of drug-likeness (QED) is 0.255. The van der Waals surface area contributed by atoms with Crippen molar-refractivity contribution in [1.29, 1.82) is 0 Å². The fourth-order valence-electron chi connectivity index (χ4n) is 3.90. The molecule has 0 aliphatic heterocycles. The number of hydrogen-bond acceptors (Lipinski definition) is 4. The summed E-state index contributed by atoms with van der Waals surface area (Å²) in [6.45, 7) is 8.44. The number of nitrogens with zero attached hydrogens (tertiary/aromatic N) is 3. The molecule has 1 amide bonds. The molecular formula is C29H29F3N4OS. The lowest BCUT2D eigenvalue weighted by atomic mass is 9.87. The van der Waals surface area contributed by atoms with Gasteiger partial charge in [-0.25, -0.2) is 0 Å². The first-order valence-corrected chi connectivity index (χ1v) is 13.1. The van der Waals surface area contributed by atoms with Crippen LogP contribution in [0, 0.1) is 6.92 Å². The van der Waals surface area contributed by atoms with Crippen molar-refractivity contribution in [3.63, 3.8) is 0 Å². The summed E-state index contributed by atoms with van der Waals surface area (Å²) in [5, 5.41) is 12.0. The van der Waals surface area contributed by atoms with Gasteiger partial charge in [0.2, 0.25) is 0 Å². The molecule has 0 saturated heterocycles. The van der Waals surface area contributed by atoms with Crippen LogP contribution in [0.1, 0.15) is 59.2 Å². The third kappa shape index (κ3) is 6.64. The highest BCUT2D eigenvalue weighted by Gasteiger charge is 2.30. The van der Waals surface area contributed by atoms with Crippen LogP contribution in [0.3, 0.4) is 0 Å². The minimum atomic E-state index is -4.40. The van der Waals surface area contributed by atoms with E-state index in [2.05, 4.69) is 36.3 Å². The average molecular weight is 539 g/mol. The number of benzene rings is 3. The van der Waals surface area contributed by atoms with E-state index in [0.717, 1.165) is 28.9 Å². The highest BCUT2D eigenvalue weighted by atomic mass is 32.2. The predicted molar refractivity (Wildman–Crippen MR) is 143 cm³/mol. The normalized spacial score (nSPS) is 12.0. The van der Waals surface area contributed by atoms with Crippen LogP contribution >= 0.6 is 11.8 Å².